The first-order valence-electron chi connectivity index (χ1n) is 6.01. The molecule has 3 aromatic rings. The fraction of sp³-hybridized carbons (Fsp3) is 0.0714. The summed E-state index contributed by atoms with van der Waals surface area (Å²) < 4.78 is 0. The lowest BCUT2D eigenvalue weighted by Gasteiger charge is -2.05. The number of anilines is 1. The normalized spacial score (nSPS) is 10.3. The molecule has 5 heteroatoms. The van der Waals surface area contributed by atoms with Crippen LogP contribution in [0.5, 0.6) is 0 Å². The van der Waals surface area contributed by atoms with Crippen molar-refractivity contribution in [3.63, 3.8) is 0 Å². The summed E-state index contributed by atoms with van der Waals surface area (Å²) in [5.74, 6) is 0.639. The van der Waals surface area contributed by atoms with Gasteiger partial charge in [-0.25, -0.2) is 9.97 Å². The molecule has 0 unspecified atom stereocenters. The van der Waals surface area contributed by atoms with Crippen LogP contribution in [0.1, 0.15) is 5.56 Å². The summed E-state index contributed by atoms with van der Waals surface area (Å²) in [4.78, 5) is 8.23. The van der Waals surface area contributed by atoms with E-state index >= 15 is 0 Å². The van der Waals surface area contributed by atoms with Crippen molar-refractivity contribution in [1.82, 2.24) is 20.2 Å². The second-order valence-electron chi connectivity index (χ2n) is 4.09. The largest absolute Gasteiger partial charge is 0.350 e. The number of rotatable bonds is 4. The average Bonchev–Trinajstić information content (AvgIpc) is 3.01. The van der Waals surface area contributed by atoms with Gasteiger partial charge >= 0.3 is 0 Å². The third-order valence-electron chi connectivity index (χ3n) is 2.78. The highest BCUT2D eigenvalue weighted by Crippen LogP contribution is 2.16. The van der Waals surface area contributed by atoms with Crippen molar-refractivity contribution in [3.05, 3.63) is 60.6 Å². The second kappa shape index (κ2) is 5.30. The van der Waals surface area contributed by atoms with E-state index in [2.05, 4.69) is 49.7 Å². The Bertz CT molecular complexity index is 617. The highest BCUT2D eigenvalue weighted by atomic mass is 15.1. The molecule has 0 spiro atoms. The molecule has 0 amide bonds. The summed E-state index contributed by atoms with van der Waals surface area (Å²) in [6.07, 6.45) is 5.19. The molecule has 0 radical (unpaired) electrons. The monoisotopic (exact) mass is 251 g/mol. The fourth-order valence-electron chi connectivity index (χ4n) is 1.79. The van der Waals surface area contributed by atoms with Crippen molar-refractivity contribution in [3.8, 4) is 11.3 Å². The van der Waals surface area contributed by atoms with E-state index in [0.717, 1.165) is 11.3 Å². The van der Waals surface area contributed by atoms with Gasteiger partial charge < -0.3 is 5.32 Å². The molecule has 0 aliphatic heterocycles. The van der Waals surface area contributed by atoms with Gasteiger partial charge in [-0.05, 0) is 23.3 Å². The van der Waals surface area contributed by atoms with Gasteiger partial charge in [0, 0.05) is 25.1 Å². The Hall–Kier alpha value is -2.69. The minimum absolute atomic E-state index is 0.639. The van der Waals surface area contributed by atoms with Crippen LogP contribution < -0.4 is 5.32 Å². The Balaban J connectivity index is 1.67. The Morgan fingerprint density at radius 2 is 1.74 bits per heavy atom. The van der Waals surface area contributed by atoms with Crippen LogP contribution in [0.2, 0.25) is 0 Å². The van der Waals surface area contributed by atoms with Crippen molar-refractivity contribution < 1.29 is 0 Å². The van der Waals surface area contributed by atoms with E-state index in [-0.39, 0.29) is 0 Å². The number of nitrogens with zero attached hydrogens (tertiary/aromatic N) is 3. The van der Waals surface area contributed by atoms with Gasteiger partial charge in [0.15, 0.2) is 0 Å². The van der Waals surface area contributed by atoms with Crippen LogP contribution in [0.4, 0.5) is 5.95 Å². The lowest BCUT2D eigenvalue weighted by atomic mass is 10.1. The van der Waals surface area contributed by atoms with Gasteiger partial charge in [0.25, 0.3) is 0 Å². The molecule has 2 aromatic heterocycles. The first-order valence-corrected chi connectivity index (χ1v) is 6.01. The minimum Gasteiger partial charge on any atom is -0.350 e. The quantitative estimate of drug-likeness (QED) is 0.747. The summed E-state index contributed by atoms with van der Waals surface area (Å²) in [5, 5.41) is 10.1. The average molecular weight is 251 g/mol. The zero-order chi connectivity index (χ0) is 12.9. The molecule has 3 rings (SSSR count). The van der Waals surface area contributed by atoms with E-state index in [4.69, 9.17) is 0 Å². The van der Waals surface area contributed by atoms with Gasteiger partial charge in [0.05, 0.1) is 5.69 Å². The second-order valence-corrected chi connectivity index (χ2v) is 4.09. The smallest absolute Gasteiger partial charge is 0.222 e. The van der Waals surface area contributed by atoms with E-state index < -0.39 is 0 Å². The number of hydrogen-bond donors (Lipinski definition) is 2. The van der Waals surface area contributed by atoms with Crippen molar-refractivity contribution in [2.45, 2.75) is 6.54 Å². The van der Waals surface area contributed by atoms with Crippen molar-refractivity contribution in [1.29, 1.82) is 0 Å². The van der Waals surface area contributed by atoms with Gasteiger partial charge in [-0.15, -0.1) is 0 Å². The van der Waals surface area contributed by atoms with E-state index in [1.807, 2.05) is 6.07 Å². The number of aromatic nitrogens is 4. The summed E-state index contributed by atoms with van der Waals surface area (Å²) >= 11 is 0. The Morgan fingerprint density at radius 3 is 2.42 bits per heavy atom. The maximum Gasteiger partial charge on any atom is 0.222 e. The molecule has 0 atom stereocenters. The zero-order valence-corrected chi connectivity index (χ0v) is 10.2. The van der Waals surface area contributed by atoms with Gasteiger partial charge in [0.2, 0.25) is 5.95 Å². The lowest BCUT2D eigenvalue weighted by Crippen LogP contribution is -2.02. The maximum atomic E-state index is 4.12. The number of H-pyrrole nitrogens is 1. The molecule has 19 heavy (non-hydrogen) atoms. The van der Waals surface area contributed by atoms with E-state index in [9.17, 15) is 0 Å². The summed E-state index contributed by atoms with van der Waals surface area (Å²) in [7, 11) is 0. The molecule has 5 nitrogen and oxygen atoms in total. The van der Waals surface area contributed by atoms with Crippen LogP contribution in [-0.2, 0) is 6.54 Å². The van der Waals surface area contributed by atoms with Crippen LogP contribution in [0.15, 0.2) is 55.0 Å². The van der Waals surface area contributed by atoms with Crippen molar-refractivity contribution >= 4 is 5.95 Å². The van der Waals surface area contributed by atoms with Crippen molar-refractivity contribution in [2.75, 3.05) is 5.32 Å². The Kier molecular flexibility index (Phi) is 3.18. The van der Waals surface area contributed by atoms with E-state index in [1.54, 1.807) is 24.7 Å². The van der Waals surface area contributed by atoms with Gasteiger partial charge in [-0.3, -0.25) is 5.10 Å². The maximum absolute atomic E-state index is 4.12. The number of hydrogen-bond acceptors (Lipinski definition) is 4. The van der Waals surface area contributed by atoms with E-state index in [1.165, 1.54) is 5.56 Å². The third kappa shape index (κ3) is 2.77. The molecule has 1 aromatic carbocycles. The number of benzene rings is 1. The number of aromatic amines is 1. The first kappa shape index (κ1) is 11.4. The van der Waals surface area contributed by atoms with Crippen LogP contribution in [-0.4, -0.2) is 20.2 Å². The first-order chi connectivity index (χ1) is 9.42. The van der Waals surface area contributed by atoms with Gasteiger partial charge in [-0.2, -0.15) is 5.10 Å². The SMILES string of the molecule is c1cnc(NCc2ccc(-c3ccn[nH]3)cc2)nc1. The number of nitrogens with one attached hydrogen (secondary N) is 2. The van der Waals surface area contributed by atoms with Crippen LogP contribution >= 0.6 is 0 Å². The van der Waals surface area contributed by atoms with E-state index in [0.29, 0.717) is 12.5 Å². The molecule has 2 N–H and O–H groups in total. The molecular weight excluding hydrogens is 238 g/mol. The molecule has 0 saturated heterocycles. The molecule has 0 saturated carbocycles. The molecule has 2 heterocycles. The lowest BCUT2D eigenvalue weighted by molar-refractivity contribution is 1.05. The van der Waals surface area contributed by atoms with Gasteiger partial charge in [0.1, 0.15) is 0 Å². The molecule has 0 aliphatic carbocycles. The minimum atomic E-state index is 0.639. The highest BCUT2D eigenvalue weighted by Gasteiger charge is 1.99. The van der Waals surface area contributed by atoms with Crippen LogP contribution in [0.25, 0.3) is 11.3 Å². The zero-order valence-electron chi connectivity index (χ0n) is 10.2. The molecule has 0 fully saturated rings. The Morgan fingerprint density at radius 1 is 0.947 bits per heavy atom. The molecular formula is C14H13N5. The fourth-order valence-corrected chi connectivity index (χ4v) is 1.79. The summed E-state index contributed by atoms with van der Waals surface area (Å²) in [5.41, 5.74) is 3.32. The van der Waals surface area contributed by atoms with Gasteiger partial charge in [-0.1, -0.05) is 24.3 Å². The molecule has 0 aliphatic rings. The molecule has 94 valence electrons. The third-order valence-corrected chi connectivity index (χ3v) is 2.78. The van der Waals surface area contributed by atoms with Crippen molar-refractivity contribution in [2.24, 2.45) is 0 Å². The summed E-state index contributed by atoms with van der Waals surface area (Å²) in [6, 6.07) is 12.0. The predicted molar refractivity (Wildman–Crippen MR) is 73.4 cm³/mol. The van der Waals surface area contributed by atoms with Crippen LogP contribution in [0, 0.1) is 0 Å². The Labute approximate surface area is 110 Å². The highest BCUT2D eigenvalue weighted by molar-refractivity contribution is 5.58. The molecule has 0 bridgehead atoms. The standard InChI is InChI=1S/C14H13N5/c1-7-15-14(16-8-1)17-10-11-2-4-12(5-3-11)13-6-9-18-19-13/h1-9H,10H2,(H,18,19)(H,15,16,17). The summed E-state index contributed by atoms with van der Waals surface area (Å²) in [6.45, 7) is 0.702. The topological polar surface area (TPSA) is 66.5 Å². The predicted octanol–water partition coefficient (Wildman–Crippen LogP) is 2.48. The van der Waals surface area contributed by atoms with Crippen LogP contribution in [0.3, 0.4) is 0 Å².